The van der Waals surface area contributed by atoms with Crippen molar-refractivity contribution in [2.45, 2.75) is 13.5 Å². The van der Waals surface area contributed by atoms with E-state index in [0.717, 1.165) is 0 Å². The van der Waals surface area contributed by atoms with E-state index < -0.39 is 5.69 Å². The third kappa shape index (κ3) is 1.85. The van der Waals surface area contributed by atoms with E-state index in [2.05, 4.69) is 20.4 Å². The molecule has 0 radical (unpaired) electrons. The molecule has 0 aliphatic heterocycles. The quantitative estimate of drug-likeness (QED) is 0.660. The summed E-state index contributed by atoms with van der Waals surface area (Å²) in [6.07, 6.45) is 3.02. The van der Waals surface area contributed by atoms with Crippen LogP contribution in [0, 0.1) is 6.92 Å². The summed E-state index contributed by atoms with van der Waals surface area (Å²) in [6.45, 7) is 1.92. The molecular weight excluding hydrogens is 198 g/mol. The highest BCUT2D eigenvalue weighted by Gasteiger charge is 2.02. The van der Waals surface area contributed by atoms with Gasteiger partial charge in [-0.2, -0.15) is 15.4 Å². The van der Waals surface area contributed by atoms with Gasteiger partial charge in [-0.1, -0.05) is 0 Å². The van der Waals surface area contributed by atoms with Gasteiger partial charge < -0.3 is 0 Å². The molecule has 7 nitrogen and oxygen atoms in total. The summed E-state index contributed by atoms with van der Waals surface area (Å²) < 4.78 is 1.37. The van der Waals surface area contributed by atoms with Gasteiger partial charge in [0, 0.05) is 11.8 Å². The highest BCUT2D eigenvalue weighted by atomic mass is 16.2. The van der Waals surface area contributed by atoms with E-state index in [1.807, 2.05) is 0 Å². The maximum absolute atomic E-state index is 11.4. The normalized spacial score (nSPS) is 10.5. The van der Waals surface area contributed by atoms with Crippen molar-refractivity contribution in [3.63, 3.8) is 0 Å². The maximum Gasteiger partial charge on any atom is 0.328 e. The van der Waals surface area contributed by atoms with Gasteiger partial charge in [-0.15, -0.1) is 0 Å². The van der Waals surface area contributed by atoms with Gasteiger partial charge in [0.25, 0.3) is 5.56 Å². The predicted octanol–water partition coefficient (Wildman–Crippen LogP) is -0.989. The van der Waals surface area contributed by atoms with Crippen LogP contribution >= 0.6 is 0 Å². The van der Waals surface area contributed by atoms with Crippen LogP contribution in [0.15, 0.2) is 22.0 Å². The minimum absolute atomic E-state index is 0.285. The molecule has 7 heteroatoms. The third-order valence-electron chi connectivity index (χ3n) is 1.99. The summed E-state index contributed by atoms with van der Waals surface area (Å²) in [5.74, 6) is 0. The molecule has 0 atom stereocenters. The van der Waals surface area contributed by atoms with Gasteiger partial charge in [-0.3, -0.25) is 14.3 Å². The van der Waals surface area contributed by atoms with Crippen LogP contribution < -0.4 is 11.2 Å². The van der Waals surface area contributed by atoms with Gasteiger partial charge in [0.15, 0.2) is 0 Å². The fraction of sp³-hybridized carbons (Fsp3) is 0.250. The summed E-state index contributed by atoms with van der Waals surface area (Å²) in [6, 6.07) is 0. The average molecular weight is 207 g/mol. The first-order chi connectivity index (χ1) is 7.16. The second-order valence-corrected chi connectivity index (χ2v) is 3.16. The highest BCUT2D eigenvalue weighted by Crippen LogP contribution is 1.92. The first-order valence-corrected chi connectivity index (χ1v) is 4.32. The molecule has 0 saturated heterocycles. The number of hydrogen-bond donors (Lipinski definition) is 2. The zero-order valence-corrected chi connectivity index (χ0v) is 8.02. The van der Waals surface area contributed by atoms with E-state index in [0.29, 0.717) is 11.3 Å². The monoisotopic (exact) mass is 207 g/mol. The van der Waals surface area contributed by atoms with E-state index in [1.165, 1.54) is 17.0 Å². The summed E-state index contributed by atoms with van der Waals surface area (Å²) in [4.78, 5) is 24.7. The van der Waals surface area contributed by atoms with E-state index in [1.54, 1.807) is 6.92 Å². The Morgan fingerprint density at radius 3 is 2.93 bits per heavy atom. The van der Waals surface area contributed by atoms with Gasteiger partial charge in [0.2, 0.25) is 0 Å². The molecule has 2 aromatic rings. The molecule has 0 spiro atoms. The van der Waals surface area contributed by atoms with E-state index in [-0.39, 0.29) is 12.1 Å². The Kier molecular flexibility index (Phi) is 2.20. The zero-order valence-electron chi connectivity index (χ0n) is 8.02. The molecule has 2 rings (SSSR count). The van der Waals surface area contributed by atoms with Crippen LogP contribution in [0.4, 0.5) is 0 Å². The Morgan fingerprint density at radius 1 is 1.47 bits per heavy atom. The zero-order chi connectivity index (χ0) is 10.8. The van der Waals surface area contributed by atoms with E-state index >= 15 is 0 Å². The summed E-state index contributed by atoms with van der Waals surface area (Å²) in [5, 5.41) is 9.89. The first kappa shape index (κ1) is 9.38. The van der Waals surface area contributed by atoms with Crippen LogP contribution in [-0.2, 0) is 6.54 Å². The molecule has 0 saturated carbocycles. The van der Waals surface area contributed by atoms with Gasteiger partial charge in [0.1, 0.15) is 5.69 Å². The smallest absolute Gasteiger partial charge is 0.294 e. The second-order valence-electron chi connectivity index (χ2n) is 3.16. The fourth-order valence-electron chi connectivity index (χ4n) is 1.21. The van der Waals surface area contributed by atoms with Gasteiger partial charge >= 0.3 is 5.69 Å². The maximum atomic E-state index is 11.4. The van der Waals surface area contributed by atoms with Crippen molar-refractivity contribution in [3.8, 4) is 0 Å². The molecule has 0 fully saturated rings. The minimum Gasteiger partial charge on any atom is -0.294 e. The molecule has 0 amide bonds. The number of rotatable bonds is 2. The van der Waals surface area contributed by atoms with Crippen LogP contribution in [0.5, 0.6) is 0 Å². The topological polar surface area (TPSA) is 96.4 Å². The Balaban J connectivity index is 2.42. The Morgan fingerprint density at radius 2 is 2.27 bits per heavy atom. The first-order valence-electron chi connectivity index (χ1n) is 4.32. The van der Waals surface area contributed by atoms with Crippen molar-refractivity contribution in [2.75, 3.05) is 0 Å². The standard InChI is InChI=1S/C8H9N5O2/c1-5-3-13(8(15)10-7(5)14)4-6-2-9-12-11-6/h2-3H,4H2,1H3,(H,9,11,12)(H,10,14,15). The molecule has 0 unspecified atom stereocenters. The van der Waals surface area contributed by atoms with Gasteiger partial charge in [0.05, 0.1) is 12.7 Å². The Labute approximate surface area is 83.8 Å². The molecule has 0 aromatic carbocycles. The highest BCUT2D eigenvalue weighted by molar-refractivity contribution is 5.02. The molecule has 2 N–H and O–H groups in total. The molecular formula is C8H9N5O2. The summed E-state index contributed by atoms with van der Waals surface area (Å²) in [7, 11) is 0. The van der Waals surface area contributed by atoms with Crippen LogP contribution in [-0.4, -0.2) is 25.0 Å². The molecule has 15 heavy (non-hydrogen) atoms. The Bertz CT molecular complexity index is 565. The second kappa shape index (κ2) is 3.52. The SMILES string of the molecule is Cc1cn(Cc2cn[nH]n2)c(=O)[nH]c1=O. The lowest BCUT2D eigenvalue weighted by atomic mass is 10.4. The minimum atomic E-state index is -0.450. The molecule has 78 valence electrons. The predicted molar refractivity (Wildman–Crippen MR) is 51.5 cm³/mol. The lowest BCUT2D eigenvalue weighted by Crippen LogP contribution is -2.31. The van der Waals surface area contributed by atoms with Crippen molar-refractivity contribution >= 4 is 0 Å². The number of aromatic nitrogens is 5. The van der Waals surface area contributed by atoms with E-state index in [4.69, 9.17) is 0 Å². The van der Waals surface area contributed by atoms with Crippen LogP contribution in [0.25, 0.3) is 0 Å². The number of aromatic amines is 2. The lowest BCUT2D eigenvalue weighted by molar-refractivity contribution is 0.696. The van der Waals surface area contributed by atoms with Gasteiger partial charge in [-0.25, -0.2) is 4.79 Å². The number of nitrogens with zero attached hydrogens (tertiary/aromatic N) is 3. The summed E-state index contributed by atoms with van der Waals surface area (Å²) >= 11 is 0. The number of H-pyrrole nitrogens is 2. The molecule has 0 aliphatic carbocycles. The number of hydrogen-bond acceptors (Lipinski definition) is 4. The summed E-state index contributed by atoms with van der Waals surface area (Å²) in [5.41, 5.74) is 0.298. The molecule has 2 heterocycles. The van der Waals surface area contributed by atoms with Crippen molar-refractivity contribution in [1.82, 2.24) is 25.0 Å². The molecule has 2 aromatic heterocycles. The number of nitrogens with one attached hydrogen (secondary N) is 2. The third-order valence-corrected chi connectivity index (χ3v) is 1.99. The fourth-order valence-corrected chi connectivity index (χ4v) is 1.21. The van der Waals surface area contributed by atoms with Crippen LogP contribution in [0.2, 0.25) is 0 Å². The van der Waals surface area contributed by atoms with Crippen LogP contribution in [0.3, 0.4) is 0 Å². The van der Waals surface area contributed by atoms with E-state index in [9.17, 15) is 9.59 Å². The average Bonchev–Trinajstić information content (AvgIpc) is 2.67. The molecule has 0 bridgehead atoms. The van der Waals surface area contributed by atoms with Gasteiger partial charge in [-0.05, 0) is 6.92 Å². The van der Waals surface area contributed by atoms with Crippen molar-refractivity contribution in [2.24, 2.45) is 0 Å². The van der Waals surface area contributed by atoms with Crippen LogP contribution in [0.1, 0.15) is 11.3 Å². The van der Waals surface area contributed by atoms with Crippen molar-refractivity contribution in [3.05, 3.63) is 44.5 Å². The lowest BCUT2D eigenvalue weighted by Gasteiger charge is -2.02. The van der Waals surface area contributed by atoms with Crippen molar-refractivity contribution < 1.29 is 0 Å². The number of aryl methyl sites for hydroxylation is 1. The Hall–Kier alpha value is -2.18. The largest absolute Gasteiger partial charge is 0.328 e. The van der Waals surface area contributed by atoms with Crippen molar-refractivity contribution in [1.29, 1.82) is 0 Å². The molecule has 0 aliphatic rings.